The van der Waals surface area contributed by atoms with E-state index in [4.69, 9.17) is 4.74 Å². The number of likely N-dealkylation sites (tertiary alicyclic amines) is 1. The summed E-state index contributed by atoms with van der Waals surface area (Å²) in [5.41, 5.74) is 3.02. The number of carbonyl (C=O) groups is 2. The molecule has 1 aromatic heterocycles. The standard InChI is InChI=1S/C24H28N4O3/c1-17-19-9-4-5-10-20(19)28(26-17)15-7-14-25-24(30)21-12-13-23(29)27(21)16-18-8-3-6-11-22(18)31-2/h3-6,8-11,21H,7,12-16H2,1-2H3,(H,25,30). The van der Waals surface area contributed by atoms with Crippen LogP contribution >= 0.6 is 0 Å². The Morgan fingerprint density at radius 3 is 2.81 bits per heavy atom. The van der Waals surface area contributed by atoms with Crippen LogP contribution in [-0.2, 0) is 22.7 Å². The minimum absolute atomic E-state index is 0.00421. The first-order valence-corrected chi connectivity index (χ1v) is 10.7. The third-order valence-corrected chi connectivity index (χ3v) is 5.85. The first-order chi connectivity index (χ1) is 15.1. The number of aromatic nitrogens is 2. The highest BCUT2D eigenvalue weighted by Crippen LogP contribution is 2.26. The molecule has 0 saturated carbocycles. The first-order valence-electron chi connectivity index (χ1n) is 10.7. The number of fused-ring (bicyclic) bond motifs is 1. The third kappa shape index (κ3) is 4.40. The Morgan fingerprint density at radius 2 is 1.97 bits per heavy atom. The van der Waals surface area contributed by atoms with Crippen LogP contribution in [0.4, 0.5) is 0 Å². The van der Waals surface area contributed by atoms with Crippen molar-refractivity contribution in [1.29, 1.82) is 0 Å². The van der Waals surface area contributed by atoms with Gasteiger partial charge >= 0.3 is 0 Å². The molecule has 2 heterocycles. The maximum Gasteiger partial charge on any atom is 0.242 e. The summed E-state index contributed by atoms with van der Waals surface area (Å²) in [7, 11) is 1.61. The fourth-order valence-corrected chi connectivity index (χ4v) is 4.24. The molecule has 1 aliphatic heterocycles. The predicted molar refractivity (Wildman–Crippen MR) is 119 cm³/mol. The summed E-state index contributed by atoms with van der Waals surface area (Å²) < 4.78 is 7.38. The first kappa shape index (κ1) is 20.9. The molecule has 0 aliphatic carbocycles. The number of amides is 2. The molecular formula is C24H28N4O3. The largest absolute Gasteiger partial charge is 0.496 e. The fourth-order valence-electron chi connectivity index (χ4n) is 4.24. The van der Waals surface area contributed by atoms with Crippen molar-refractivity contribution in [1.82, 2.24) is 20.0 Å². The summed E-state index contributed by atoms with van der Waals surface area (Å²) in [4.78, 5) is 26.9. The Bertz CT molecular complexity index is 1090. The third-order valence-electron chi connectivity index (χ3n) is 5.85. The van der Waals surface area contributed by atoms with E-state index in [-0.39, 0.29) is 11.8 Å². The number of hydrogen-bond donors (Lipinski definition) is 1. The van der Waals surface area contributed by atoms with Crippen LogP contribution in [0.1, 0.15) is 30.5 Å². The van der Waals surface area contributed by atoms with Crippen LogP contribution in [0.3, 0.4) is 0 Å². The number of nitrogens with zero attached hydrogens (tertiary/aromatic N) is 3. The Hall–Kier alpha value is -3.35. The molecule has 31 heavy (non-hydrogen) atoms. The van der Waals surface area contributed by atoms with Crippen LogP contribution in [0, 0.1) is 6.92 Å². The van der Waals surface area contributed by atoms with Crippen LogP contribution in [0.5, 0.6) is 5.75 Å². The number of carbonyl (C=O) groups excluding carboxylic acids is 2. The topological polar surface area (TPSA) is 76.5 Å². The Balaban J connectivity index is 1.33. The summed E-state index contributed by atoms with van der Waals surface area (Å²) in [6.07, 6.45) is 1.71. The van der Waals surface area contributed by atoms with Crippen molar-refractivity contribution in [3.05, 3.63) is 59.8 Å². The zero-order chi connectivity index (χ0) is 21.8. The molecule has 1 atom stereocenters. The van der Waals surface area contributed by atoms with Crippen LogP contribution in [0.15, 0.2) is 48.5 Å². The van der Waals surface area contributed by atoms with Gasteiger partial charge in [0.2, 0.25) is 11.8 Å². The van der Waals surface area contributed by atoms with Gasteiger partial charge < -0.3 is 15.0 Å². The van der Waals surface area contributed by atoms with Gasteiger partial charge in [-0.2, -0.15) is 5.10 Å². The van der Waals surface area contributed by atoms with Crippen molar-refractivity contribution in [3.8, 4) is 5.75 Å². The number of nitrogens with one attached hydrogen (secondary N) is 1. The molecule has 2 amide bonds. The molecule has 7 nitrogen and oxygen atoms in total. The Kier molecular flexibility index (Phi) is 6.21. The smallest absolute Gasteiger partial charge is 0.242 e. The molecule has 1 unspecified atom stereocenters. The highest BCUT2D eigenvalue weighted by atomic mass is 16.5. The predicted octanol–water partition coefficient (Wildman–Crippen LogP) is 3.05. The minimum atomic E-state index is -0.440. The lowest BCUT2D eigenvalue weighted by Gasteiger charge is -2.25. The van der Waals surface area contributed by atoms with E-state index in [2.05, 4.69) is 22.5 Å². The summed E-state index contributed by atoms with van der Waals surface area (Å²) in [5.74, 6) is 0.634. The van der Waals surface area contributed by atoms with Gasteiger partial charge in [0.15, 0.2) is 0 Å². The second kappa shape index (κ2) is 9.20. The van der Waals surface area contributed by atoms with Gasteiger partial charge in [0, 0.05) is 30.5 Å². The number of aryl methyl sites for hydroxylation is 2. The van der Waals surface area contributed by atoms with Crippen LogP contribution in [0.25, 0.3) is 10.9 Å². The number of benzene rings is 2. The Labute approximate surface area is 182 Å². The van der Waals surface area contributed by atoms with Crippen molar-refractivity contribution in [2.24, 2.45) is 0 Å². The van der Waals surface area contributed by atoms with Crippen molar-refractivity contribution in [3.63, 3.8) is 0 Å². The van der Waals surface area contributed by atoms with Gasteiger partial charge in [0.25, 0.3) is 0 Å². The quantitative estimate of drug-likeness (QED) is 0.569. The van der Waals surface area contributed by atoms with E-state index in [1.54, 1.807) is 12.0 Å². The molecule has 1 saturated heterocycles. The number of para-hydroxylation sites is 2. The van der Waals surface area contributed by atoms with E-state index in [1.807, 2.05) is 48.0 Å². The van der Waals surface area contributed by atoms with Gasteiger partial charge in [-0.25, -0.2) is 0 Å². The molecule has 162 valence electrons. The second-order valence-corrected chi connectivity index (χ2v) is 7.86. The molecule has 1 fully saturated rings. The van der Waals surface area contributed by atoms with E-state index < -0.39 is 6.04 Å². The van der Waals surface area contributed by atoms with Crippen LogP contribution in [-0.4, -0.2) is 46.2 Å². The zero-order valence-corrected chi connectivity index (χ0v) is 18.0. The van der Waals surface area contributed by atoms with E-state index in [9.17, 15) is 9.59 Å². The van der Waals surface area contributed by atoms with Gasteiger partial charge in [-0.3, -0.25) is 14.3 Å². The molecule has 7 heteroatoms. The van der Waals surface area contributed by atoms with Crippen molar-refractivity contribution in [2.75, 3.05) is 13.7 Å². The van der Waals surface area contributed by atoms with E-state index >= 15 is 0 Å². The van der Waals surface area contributed by atoms with Gasteiger partial charge in [-0.1, -0.05) is 36.4 Å². The lowest BCUT2D eigenvalue weighted by molar-refractivity contribution is -0.135. The number of rotatable bonds is 8. The van der Waals surface area contributed by atoms with Gasteiger partial charge in [0.1, 0.15) is 11.8 Å². The summed E-state index contributed by atoms with van der Waals surface area (Å²) in [5, 5.41) is 8.77. The maximum atomic E-state index is 12.8. The van der Waals surface area contributed by atoms with E-state index in [0.717, 1.165) is 40.9 Å². The molecular weight excluding hydrogens is 392 g/mol. The lowest BCUT2D eigenvalue weighted by atomic mass is 10.1. The molecule has 2 aromatic carbocycles. The van der Waals surface area contributed by atoms with Crippen LogP contribution in [0.2, 0.25) is 0 Å². The van der Waals surface area contributed by atoms with Crippen molar-refractivity contribution in [2.45, 2.75) is 45.3 Å². The summed E-state index contributed by atoms with van der Waals surface area (Å²) in [6.45, 7) is 3.65. The lowest BCUT2D eigenvalue weighted by Crippen LogP contribution is -2.44. The highest BCUT2D eigenvalue weighted by molar-refractivity contribution is 5.91. The second-order valence-electron chi connectivity index (χ2n) is 7.86. The zero-order valence-electron chi connectivity index (χ0n) is 18.0. The Morgan fingerprint density at radius 1 is 1.19 bits per heavy atom. The van der Waals surface area contributed by atoms with Crippen LogP contribution < -0.4 is 10.1 Å². The molecule has 0 bridgehead atoms. The minimum Gasteiger partial charge on any atom is -0.496 e. The average Bonchev–Trinajstić information content (AvgIpc) is 3.31. The van der Waals surface area contributed by atoms with Gasteiger partial charge in [0.05, 0.1) is 24.9 Å². The van der Waals surface area contributed by atoms with E-state index in [1.165, 1.54) is 0 Å². The van der Waals surface area contributed by atoms with Crippen molar-refractivity contribution < 1.29 is 14.3 Å². The van der Waals surface area contributed by atoms with E-state index in [0.29, 0.717) is 25.9 Å². The molecule has 4 rings (SSSR count). The molecule has 0 radical (unpaired) electrons. The molecule has 3 aromatic rings. The molecule has 1 aliphatic rings. The summed E-state index contributed by atoms with van der Waals surface area (Å²) in [6, 6.07) is 15.3. The summed E-state index contributed by atoms with van der Waals surface area (Å²) >= 11 is 0. The SMILES string of the molecule is COc1ccccc1CN1C(=O)CCC1C(=O)NCCCn1nc(C)c2ccccc21. The molecule has 1 N–H and O–H groups in total. The van der Waals surface area contributed by atoms with Gasteiger partial charge in [-0.05, 0) is 31.9 Å². The average molecular weight is 421 g/mol. The normalized spacial score (nSPS) is 16.1. The monoisotopic (exact) mass is 420 g/mol. The molecule has 0 spiro atoms. The maximum absolute atomic E-state index is 12.8. The number of hydrogen-bond acceptors (Lipinski definition) is 4. The number of ether oxygens (including phenoxy) is 1. The fraction of sp³-hybridized carbons (Fsp3) is 0.375. The van der Waals surface area contributed by atoms with Gasteiger partial charge in [-0.15, -0.1) is 0 Å². The van der Waals surface area contributed by atoms with Crippen molar-refractivity contribution >= 4 is 22.7 Å². The highest BCUT2D eigenvalue weighted by Gasteiger charge is 2.36. The number of methoxy groups -OCH3 is 1.